The van der Waals surface area contributed by atoms with Crippen molar-refractivity contribution in [2.45, 2.75) is 56.9 Å². The van der Waals surface area contributed by atoms with E-state index < -0.39 is 86.3 Å². The van der Waals surface area contributed by atoms with Crippen molar-refractivity contribution in [3.05, 3.63) is 95.1 Å². The maximum atomic E-state index is 14.5. The molecule has 0 aliphatic carbocycles. The van der Waals surface area contributed by atoms with Crippen molar-refractivity contribution in [2.75, 3.05) is 60.0 Å². The molecule has 2 fully saturated rings. The number of benzene rings is 4. The van der Waals surface area contributed by atoms with Crippen molar-refractivity contribution in [3.8, 4) is 22.6 Å². The lowest BCUT2D eigenvalue weighted by Crippen LogP contribution is -2.59. The summed E-state index contributed by atoms with van der Waals surface area (Å²) in [5.41, 5.74) is -0.516. The first kappa shape index (κ1) is 45.5. The van der Waals surface area contributed by atoms with Crippen LogP contribution in [0.15, 0.2) is 72.8 Å². The molecule has 2 aliphatic heterocycles. The van der Waals surface area contributed by atoms with Gasteiger partial charge in [-0.15, -0.1) is 0 Å². The third kappa shape index (κ3) is 10.4. The summed E-state index contributed by atoms with van der Waals surface area (Å²) in [6.07, 6.45) is -16.5. The number of rotatable bonds is 13. The lowest BCUT2D eigenvalue weighted by atomic mass is 9.76. The van der Waals surface area contributed by atoms with E-state index in [-0.39, 0.29) is 0 Å². The van der Waals surface area contributed by atoms with Crippen molar-refractivity contribution in [1.82, 2.24) is 20.0 Å². The molecule has 2 heterocycles. The summed E-state index contributed by atoms with van der Waals surface area (Å²) in [7, 11) is 3.02. The molecule has 0 spiro atoms. The van der Waals surface area contributed by atoms with E-state index in [1.807, 2.05) is 12.1 Å². The number of carboxylic acid groups (broad SMARTS) is 1. The van der Waals surface area contributed by atoms with Crippen LogP contribution in [0.3, 0.4) is 0 Å². The Morgan fingerprint density at radius 2 is 1.33 bits per heavy atom. The molecular weight excluding hydrogens is 823 g/mol. The standard InChI is InChI=1S/C43H45F9N4O5/c1-60-35-14-11-29(25-55-21-19-54(20-22-55)24-27-9-12-30(13-10-27)42(47,48)49)37(61-2)36(35)33-8-4-6-31-28(5-3-7-32(31)33)23-34(38(57)58)53-39(59)40(43(50,51)52)15-17-56(18-16-40)26-41(44,45)46/h3-14,34H,15-26H2,1-2H3,(H,53,59)(H,57,58)/t34-/m0/s1. The zero-order valence-electron chi connectivity index (χ0n) is 33.3. The monoisotopic (exact) mass is 868 g/mol. The van der Waals surface area contributed by atoms with Crippen LogP contribution in [-0.4, -0.2) is 110 Å². The van der Waals surface area contributed by atoms with Crippen molar-refractivity contribution in [1.29, 1.82) is 0 Å². The number of piperidine rings is 1. The number of methoxy groups -OCH3 is 2. The fourth-order valence-electron chi connectivity index (χ4n) is 8.27. The van der Waals surface area contributed by atoms with Gasteiger partial charge in [-0.2, -0.15) is 39.5 Å². The van der Waals surface area contributed by atoms with Gasteiger partial charge in [-0.1, -0.05) is 54.6 Å². The molecule has 330 valence electrons. The van der Waals surface area contributed by atoms with Crippen LogP contribution < -0.4 is 14.8 Å². The SMILES string of the molecule is COc1ccc(CN2CCN(Cc3ccc(C(F)(F)F)cc3)CC2)c(OC)c1-c1cccc2c(C[C@H](NC(=O)C3(C(F)(F)F)CCN(CC(F)(F)F)CC3)C(=O)O)cccc12. The number of fused-ring (bicyclic) bond motifs is 1. The van der Waals surface area contributed by atoms with Gasteiger partial charge in [0.1, 0.15) is 23.0 Å². The molecule has 0 radical (unpaired) electrons. The van der Waals surface area contributed by atoms with Crippen LogP contribution in [0.25, 0.3) is 21.9 Å². The third-order valence-electron chi connectivity index (χ3n) is 11.6. The molecule has 2 saturated heterocycles. The number of aliphatic carboxylic acids is 1. The van der Waals surface area contributed by atoms with E-state index in [9.17, 15) is 54.2 Å². The minimum atomic E-state index is -5.15. The van der Waals surface area contributed by atoms with Gasteiger partial charge < -0.3 is 19.9 Å². The number of likely N-dealkylation sites (tertiary alicyclic amines) is 1. The summed E-state index contributed by atoms with van der Waals surface area (Å²) in [4.78, 5) is 31.1. The Morgan fingerprint density at radius 1 is 0.721 bits per heavy atom. The van der Waals surface area contributed by atoms with Gasteiger partial charge in [0, 0.05) is 51.3 Å². The number of carbonyl (C=O) groups excluding carboxylic acids is 1. The van der Waals surface area contributed by atoms with E-state index in [0.717, 1.165) is 28.2 Å². The van der Waals surface area contributed by atoms with E-state index in [2.05, 4.69) is 15.1 Å². The Labute approximate surface area is 346 Å². The molecule has 1 atom stereocenters. The van der Waals surface area contributed by atoms with E-state index in [1.165, 1.54) is 26.4 Å². The van der Waals surface area contributed by atoms with E-state index in [0.29, 0.717) is 78.2 Å². The molecule has 61 heavy (non-hydrogen) atoms. The number of hydrogen-bond acceptors (Lipinski definition) is 7. The first-order valence-electron chi connectivity index (χ1n) is 19.5. The highest BCUT2D eigenvalue weighted by molar-refractivity contribution is 6.01. The number of nitrogens with one attached hydrogen (secondary N) is 1. The smallest absolute Gasteiger partial charge is 0.416 e. The number of halogens is 9. The number of piperazine rings is 1. The van der Waals surface area contributed by atoms with Crippen LogP contribution in [0, 0.1) is 5.41 Å². The predicted molar refractivity (Wildman–Crippen MR) is 208 cm³/mol. The lowest BCUT2D eigenvalue weighted by molar-refractivity contribution is -0.236. The van der Waals surface area contributed by atoms with Crippen molar-refractivity contribution >= 4 is 22.6 Å². The molecule has 1 amide bonds. The van der Waals surface area contributed by atoms with Gasteiger partial charge in [-0.3, -0.25) is 19.5 Å². The number of ether oxygens (including phenoxy) is 2. The molecule has 4 aromatic carbocycles. The molecule has 0 saturated carbocycles. The second-order valence-electron chi connectivity index (χ2n) is 15.4. The summed E-state index contributed by atoms with van der Waals surface area (Å²) in [6.45, 7) is 0.945. The maximum Gasteiger partial charge on any atom is 0.416 e. The Bertz CT molecular complexity index is 2180. The molecule has 9 nitrogen and oxygen atoms in total. The Morgan fingerprint density at radius 3 is 1.89 bits per heavy atom. The Hall–Kier alpha value is -5.07. The van der Waals surface area contributed by atoms with Crippen molar-refractivity contribution in [2.24, 2.45) is 5.41 Å². The van der Waals surface area contributed by atoms with Crippen molar-refractivity contribution < 1.29 is 63.7 Å². The normalized spacial score (nSPS) is 17.6. The highest BCUT2D eigenvalue weighted by atomic mass is 19.4. The Kier molecular flexibility index (Phi) is 13.5. The van der Waals surface area contributed by atoms with Crippen LogP contribution in [0.4, 0.5) is 39.5 Å². The van der Waals surface area contributed by atoms with E-state index in [4.69, 9.17) is 9.47 Å². The summed E-state index contributed by atoms with van der Waals surface area (Å²) < 4.78 is 133. The zero-order chi connectivity index (χ0) is 44.3. The molecular formula is C43H45F9N4O5. The van der Waals surface area contributed by atoms with Gasteiger partial charge in [0.2, 0.25) is 5.91 Å². The second-order valence-corrected chi connectivity index (χ2v) is 15.4. The lowest BCUT2D eigenvalue weighted by Gasteiger charge is -2.42. The second kappa shape index (κ2) is 18.1. The molecule has 2 N–H and O–H groups in total. The molecule has 18 heteroatoms. The van der Waals surface area contributed by atoms with Gasteiger partial charge in [0.15, 0.2) is 0 Å². The summed E-state index contributed by atoms with van der Waals surface area (Å²) in [5.74, 6) is -2.22. The number of carboxylic acids is 1. The highest BCUT2D eigenvalue weighted by Gasteiger charge is 2.61. The van der Waals surface area contributed by atoms with E-state index in [1.54, 1.807) is 36.4 Å². The molecule has 4 aromatic rings. The fraction of sp³-hybridized carbons (Fsp3) is 0.442. The average Bonchev–Trinajstić information content (AvgIpc) is 3.20. The fourth-order valence-corrected chi connectivity index (χ4v) is 8.27. The number of carbonyl (C=O) groups is 2. The van der Waals surface area contributed by atoms with Crippen LogP contribution in [-0.2, 0) is 35.3 Å². The highest BCUT2D eigenvalue weighted by Crippen LogP contribution is 2.48. The summed E-state index contributed by atoms with van der Waals surface area (Å²) >= 11 is 0. The van der Waals surface area contributed by atoms with E-state index >= 15 is 0 Å². The molecule has 0 bridgehead atoms. The van der Waals surface area contributed by atoms with Gasteiger partial charge >= 0.3 is 24.5 Å². The molecule has 0 aromatic heterocycles. The molecule has 0 unspecified atom stereocenters. The quantitative estimate of drug-likeness (QED) is 0.130. The predicted octanol–water partition coefficient (Wildman–Crippen LogP) is 8.18. The maximum absolute atomic E-state index is 14.5. The van der Waals surface area contributed by atoms with Crippen LogP contribution in [0.5, 0.6) is 11.5 Å². The summed E-state index contributed by atoms with van der Waals surface area (Å²) in [6, 6.07) is 17.3. The molecule has 6 rings (SSSR count). The number of nitrogens with zero attached hydrogens (tertiary/aromatic N) is 3. The third-order valence-corrected chi connectivity index (χ3v) is 11.6. The van der Waals surface area contributed by atoms with Crippen molar-refractivity contribution in [3.63, 3.8) is 0 Å². The van der Waals surface area contributed by atoms with Gasteiger partial charge in [0.25, 0.3) is 0 Å². The van der Waals surface area contributed by atoms with Gasteiger partial charge in [-0.25, -0.2) is 4.79 Å². The minimum absolute atomic E-state index is 0.399. The number of amides is 1. The minimum Gasteiger partial charge on any atom is -0.496 e. The largest absolute Gasteiger partial charge is 0.496 e. The van der Waals surface area contributed by atoms with Crippen LogP contribution >= 0.6 is 0 Å². The number of alkyl halides is 9. The first-order chi connectivity index (χ1) is 28.7. The van der Waals surface area contributed by atoms with Gasteiger partial charge in [0.05, 0.1) is 31.9 Å². The average molecular weight is 869 g/mol. The van der Waals surface area contributed by atoms with Crippen LogP contribution in [0.2, 0.25) is 0 Å². The zero-order valence-corrected chi connectivity index (χ0v) is 33.3. The first-order valence-corrected chi connectivity index (χ1v) is 19.5. The Balaban J connectivity index is 1.21. The topological polar surface area (TPSA) is 94.6 Å². The summed E-state index contributed by atoms with van der Waals surface area (Å²) in [5, 5.41) is 13.4. The van der Waals surface area contributed by atoms with Gasteiger partial charge in [-0.05, 0) is 71.6 Å². The number of hydrogen-bond donors (Lipinski definition) is 2. The van der Waals surface area contributed by atoms with Crippen LogP contribution in [0.1, 0.15) is 35.1 Å². The molecule has 2 aliphatic rings.